The van der Waals surface area contributed by atoms with Gasteiger partial charge in [-0.2, -0.15) is 18.3 Å². The van der Waals surface area contributed by atoms with Crippen molar-refractivity contribution in [1.29, 1.82) is 0 Å². The number of alkyl halides is 3. The Balaban J connectivity index is 1.68. The van der Waals surface area contributed by atoms with Gasteiger partial charge in [-0.1, -0.05) is 24.3 Å². The summed E-state index contributed by atoms with van der Waals surface area (Å²) in [4.78, 5) is 30.0. The number of nitrogens with zero attached hydrogens (tertiary/aromatic N) is 4. The second-order valence-electron chi connectivity index (χ2n) is 7.14. The molecule has 0 aliphatic carbocycles. The van der Waals surface area contributed by atoms with E-state index in [1.165, 1.54) is 25.3 Å². The van der Waals surface area contributed by atoms with Crippen LogP contribution in [0.4, 0.5) is 23.7 Å². The van der Waals surface area contributed by atoms with Crippen LogP contribution in [-0.4, -0.2) is 28.1 Å². The maximum Gasteiger partial charge on any atom is 0.416 e. The molecule has 1 aliphatic heterocycles. The van der Waals surface area contributed by atoms with E-state index in [1.54, 1.807) is 42.7 Å². The molecule has 0 spiro atoms. The molecule has 0 saturated heterocycles. The first-order chi connectivity index (χ1) is 15.2. The van der Waals surface area contributed by atoms with Gasteiger partial charge in [0.25, 0.3) is 0 Å². The van der Waals surface area contributed by atoms with E-state index < -0.39 is 23.7 Å². The minimum absolute atomic E-state index is 0.100. The molecule has 6 nitrogen and oxygen atoms in total. The fourth-order valence-corrected chi connectivity index (χ4v) is 3.39. The van der Waals surface area contributed by atoms with Crippen molar-refractivity contribution in [1.82, 2.24) is 9.99 Å². The number of carbonyl (C=O) groups is 2. The molecular weight excluding hydrogens is 421 g/mol. The number of hydrogen-bond acceptors (Lipinski definition) is 4. The lowest BCUT2D eigenvalue weighted by Crippen LogP contribution is -2.47. The van der Waals surface area contributed by atoms with Gasteiger partial charge in [0.05, 0.1) is 24.0 Å². The SMILES string of the molecule is CC(=O)N1C(=O)N(N=Cc2cccnc2)Cc2cc(-c3ccc(C(F)(F)F)cc3)ccc21. The first-order valence-corrected chi connectivity index (χ1v) is 9.61. The Morgan fingerprint density at radius 1 is 1.09 bits per heavy atom. The van der Waals surface area contributed by atoms with E-state index >= 15 is 0 Å². The van der Waals surface area contributed by atoms with Crippen molar-refractivity contribution >= 4 is 23.8 Å². The lowest BCUT2D eigenvalue weighted by Gasteiger charge is -2.32. The van der Waals surface area contributed by atoms with Crippen molar-refractivity contribution in [2.75, 3.05) is 4.90 Å². The molecule has 3 aromatic rings. The highest BCUT2D eigenvalue weighted by Gasteiger charge is 2.33. The molecule has 0 fully saturated rings. The summed E-state index contributed by atoms with van der Waals surface area (Å²) in [6.45, 7) is 1.38. The second kappa shape index (κ2) is 8.26. The number of halogens is 3. The summed E-state index contributed by atoms with van der Waals surface area (Å²) in [5, 5.41) is 5.37. The number of imide groups is 1. The van der Waals surface area contributed by atoms with Crippen LogP contribution in [-0.2, 0) is 17.5 Å². The Morgan fingerprint density at radius 2 is 1.81 bits per heavy atom. The van der Waals surface area contributed by atoms with E-state index in [0.717, 1.165) is 22.0 Å². The van der Waals surface area contributed by atoms with E-state index in [4.69, 9.17) is 0 Å². The number of anilines is 1. The smallest absolute Gasteiger partial charge is 0.274 e. The van der Waals surface area contributed by atoms with E-state index in [9.17, 15) is 22.8 Å². The molecule has 0 unspecified atom stereocenters. The van der Waals surface area contributed by atoms with Crippen LogP contribution in [0, 0.1) is 0 Å². The van der Waals surface area contributed by atoms with Gasteiger partial charge >= 0.3 is 12.2 Å². The number of rotatable bonds is 3. The van der Waals surface area contributed by atoms with Crippen molar-refractivity contribution in [3.05, 3.63) is 83.7 Å². The van der Waals surface area contributed by atoms with Crippen LogP contribution in [0.3, 0.4) is 0 Å². The summed E-state index contributed by atoms with van der Waals surface area (Å²) in [5.41, 5.74) is 2.25. The van der Waals surface area contributed by atoms with Crippen LogP contribution in [0.5, 0.6) is 0 Å². The molecule has 1 aliphatic rings. The highest BCUT2D eigenvalue weighted by molar-refractivity contribution is 6.15. The number of benzene rings is 2. The second-order valence-corrected chi connectivity index (χ2v) is 7.14. The normalized spacial score (nSPS) is 14.1. The van der Waals surface area contributed by atoms with Gasteiger partial charge in [0.2, 0.25) is 5.91 Å². The van der Waals surface area contributed by atoms with Crippen molar-refractivity contribution < 1.29 is 22.8 Å². The molecule has 0 saturated carbocycles. The zero-order valence-electron chi connectivity index (χ0n) is 16.9. The molecule has 0 bridgehead atoms. The number of hydrogen-bond donors (Lipinski definition) is 0. The maximum atomic E-state index is 12.8. The number of hydrazone groups is 1. The fraction of sp³-hybridized carbons (Fsp3) is 0.130. The largest absolute Gasteiger partial charge is 0.416 e. The minimum atomic E-state index is -4.41. The third-order valence-electron chi connectivity index (χ3n) is 4.94. The molecule has 3 amide bonds. The number of amides is 3. The quantitative estimate of drug-likeness (QED) is 0.535. The van der Waals surface area contributed by atoms with Crippen LogP contribution in [0.15, 0.2) is 72.1 Å². The molecule has 2 aromatic carbocycles. The Kier molecular flexibility index (Phi) is 5.48. The van der Waals surface area contributed by atoms with Crippen molar-refractivity contribution in [2.24, 2.45) is 5.10 Å². The van der Waals surface area contributed by atoms with E-state index in [1.807, 2.05) is 0 Å². The monoisotopic (exact) mass is 438 g/mol. The predicted molar refractivity (Wildman–Crippen MR) is 113 cm³/mol. The lowest BCUT2D eigenvalue weighted by molar-refractivity contribution is -0.137. The molecule has 2 heterocycles. The summed E-state index contributed by atoms with van der Waals surface area (Å²) < 4.78 is 38.5. The summed E-state index contributed by atoms with van der Waals surface area (Å²) in [7, 11) is 0. The molecule has 1 aromatic heterocycles. The molecule has 32 heavy (non-hydrogen) atoms. The third-order valence-corrected chi connectivity index (χ3v) is 4.94. The first-order valence-electron chi connectivity index (χ1n) is 9.61. The van der Waals surface area contributed by atoms with Crippen molar-refractivity contribution in [3.8, 4) is 11.1 Å². The molecule has 0 radical (unpaired) electrons. The average Bonchev–Trinajstić information content (AvgIpc) is 2.77. The van der Waals surface area contributed by atoms with Gasteiger partial charge in [-0.15, -0.1) is 0 Å². The number of aromatic nitrogens is 1. The van der Waals surface area contributed by atoms with E-state index in [0.29, 0.717) is 27.9 Å². The van der Waals surface area contributed by atoms with Gasteiger partial charge in [0.15, 0.2) is 0 Å². The highest BCUT2D eigenvalue weighted by Crippen LogP contribution is 2.35. The van der Waals surface area contributed by atoms with Gasteiger partial charge in [-0.3, -0.25) is 9.78 Å². The zero-order valence-corrected chi connectivity index (χ0v) is 16.9. The van der Waals surface area contributed by atoms with Crippen molar-refractivity contribution in [3.63, 3.8) is 0 Å². The molecule has 4 rings (SSSR count). The summed E-state index contributed by atoms with van der Waals surface area (Å²) in [5.74, 6) is -0.472. The number of pyridine rings is 1. The number of carbonyl (C=O) groups excluding carboxylic acids is 2. The zero-order chi connectivity index (χ0) is 22.9. The first kappa shape index (κ1) is 21.2. The van der Waals surface area contributed by atoms with Gasteiger partial charge in [0.1, 0.15) is 0 Å². The summed E-state index contributed by atoms with van der Waals surface area (Å²) in [6.07, 6.45) is 0.245. The predicted octanol–water partition coefficient (Wildman–Crippen LogP) is 5.09. The summed E-state index contributed by atoms with van der Waals surface area (Å²) in [6, 6.07) is 12.7. The van der Waals surface area contributed by atoms with Crippen molar-refractivity contribution in [2.45, 2.75) is 19.6 Å². The van der Waals surface area contributed by atoms with Gasteiger partial charge in [-0.05, 0) is 47.0 Å². The number of fused-ring (bicyclic) bond motifs is 1. The Hall–Kier alpha value is -4.01. The Bertz CT molecular complexity index is 1190. The molecule has 162 valence electrons. The third kappa shape index (κ3) is 4.22. The molecule has 9 heteroatoms. The van der Waals surface area contributed by atoms with E-state index in [-0.39, 0.29) is 6.54 Å². The summed E-state index contributed by atoms with van der Waals surface area (Å²) >= 11 is 0. The lowest BCUT2D eigenvalue weighted by atomic mass is 9.99. The minimum Gasteiger partial charge on any atom is -0.274 e. The maximum absolute atomic E-state index is 12.8. The average molecular weight is 438 g/mol. The van der Waals surface area contributed by atoms with Gasteiger partial charge in [0, 0.05) is 24.9 Å². The highest BCUT2D eigenvalue weighted by atomic mass is 19.4. The standard InChI is InChI=1S/C23H17F3N4O2/c1-15(31)30-21-9-6-18(17-4-7-20(8-5-17)23(24,25)26)11-19(21)14-29(22(30)32)28-13-16-3-2-10-27-12-16/h2-13H,14H2,1H3. The number of urea groups is 1. The van der Waals surface area contributed by atoms with Crippen LogP contribution in [0.2, 0.25) is 0 Å². The fourth-order valence-electron chi connectivity index (χ4n) is 3.39. The van der Waals surface area contributed by atoms with Crippen LogP contribution in [0.1, 0.15) is 23.6 Å². The Labute approximate surface area is 181 Å². The molecule has 0 N–H and O–H groups in total. The van der Waals surface area contributed by atoms with E-state index in [2.05, 4.69) is 10.1 Å². The molecule has 0 atom stereocenters. The van der Waals surface area contributed by atoms with Gasteiger partial charge < -0.3 is 0 Å². The van der Waals surface area contributed by atoms with Crippen LogP contribution < -0.4 is 4.90 Å². The van der Waals surface area contributed by atoms with Gasteiger partial charge in [-0.25, -0.2) is 14.7 Å². The van der Waals surface area contributed by atoms with Crippen LogP contribution >= 0.6 is 0 Å². The molecular formula is C23H17F3N4O2. The topological polar surface area (TPSA) is 65.9 Å². The Morgan fingerprint density at radius 3 is 2.44 bits per heavy atom. The van der Waals surface area contributed by atoms with Crippen LogP contribution in [0.25, 0.3) is 11.1 Å².